The van der Waals surface area contributed by atoms with Gasteiger partial charge in [-0.15, -0.1) is 0 Å². The van der Waals surface area contributed by atoms with E-state index in [0.717, 1.165) is 12.8 Å². The van der Waals surface area contributed by atoms with E-state index < -0.39 is 10.0 Å². The van der Waals surface area contributed by atoms with E-state index in [1.807, 2.05) is 0 Å². The van der Waals surface area contributed by atoms with Crippen LogP contribution in [0.25, 0.3) is 0 Å². The highest BCUT2D eigenvalue weighted by molar-refractivity contribution is 7.89. The van der Waals surface area contributed by atoms with Crippen molar-refractivity contribution in [2.75, 3.05) is 25.5 Å². The van der Waals surface area contributed by atoms with Crippen LogP contribution in [0.2, 0.25) is 0 Å². The summed E-state index contributed by atoms with van der Waals surface area (Å²) in [6.07, 6.45) is 3.09. The number of hydrogen-bond donors (Lipinski definition) is 2. The van der Waals surface area contributed by atoms with Gasteiger partial charge in [-0.05, 0) is 25.7 Å². The molecule has 1 saturated heterocycles. The lowest BCUT2D eigenvalue weighted by atomic mass is 10.1. The Hall–Kier alpha value is -0.170. The number of aliphatic hydroxyl groups excluding tert-OH is 2. The normalized spacial score (nSPS) is 23.5. The van der Waals surface area contributed by atoms with Gasteiger partial charge in [-0.1, -0.05) is 0 Å². The summed E-state index contributed by atoms with van der Waals surface area (Å²) in [4.78, 5) is 0. The quantitative estimate of drug-likeness (QED) is 0.655. The van der Waals surface area contributed by atoms with E-state index in [4.69, 9.17) is 10.2 Å². The predicted molar refractivity (Wildman–Crippen MR) is 56.9 cm³/mol. The Labute approximate surface area is 90.8 Å². The van der Waals surface area contributed by atoms with Gasteiger partial charge in [-0.25, -0.2) is 8.42 Å². The van der Waals surface area contributed by atoms with Gasteiger partial charge in [0.25, 0.3) is 0 Å². The van der Waals surface area contributed by atoms with E-state index >= 15 is 0 Å². The van der Waals surface area contributed by atoms with Crippen molar-refractivity contribution in [3.8, 4) is 0 Å². The number of nitrogens with zero attached hydrogens (tertiary/aromatic N) is 1. The molecule has 0 aromatic carbocycles. The molecule has 0 aromatic heterocycles. The van der Waals surface area contributed by atoms with Gasteiger partial charge >= 0.3 is 0 Å². The van der Waals surface area contributed by atoms with Crippen LogP contribution in [0.4, 0.5) is 0 Å². The van der Waals surface area contributed by atoms with Crippen LogP contribution >= 0.6 is 0 Å². The Balaban J connectivity index is 2.59. The minimum absolute atomic E-state index is 0.0219. The van der Waals surface area contributed by atoms with Crippen LogP contribution in [0.1, 0.15) is 25.7 Å². The molecule has 0 amide bonds. The minimum Gasteiger partial charge on any atom is -0.396 e. The second-order valence-corrected chi connectivity index (χ2v) is 5.85. The van der Waals surface area contributed by atoms with Crippen LogP contribution in [0.15, 0.2) is 0 Å². The lowest BCUT2D eigenvalue weighted by Gasteiger charge is -2.23. The van der Waals surface area contributed by atoms with Crippen molar-refractivity contribution >= 4 is 10.0 Å². The highest BCUT2D eigenvalue weighted by Gasteiger charge is 2.32. The molecule has 90 valence electrons. The molecule has 2 N–H and O–H groups in total. The molecule has 1 heterocycles. The molecular formula is C9H19NO4S. The molecule has 0 spiro atoms. The van der Waals surface area contributed by atoms with Gasteiger partial charge < -0.3 is 10.2 Å². The highest BCUT2D eigenvalue weighted by atomic mass is 32.2. The van der Waals surface area contributed by atoms with E-state index in [1.54, 1.807) is 0 Å². The predicted octanol–water partition coefficient (Wildman–Crippen LogP) is -0.455. The molecular weight excluding hydrogens is 218 g/mol. The van der Waals surface area contributed by atoms with Crippen molar-refractivity contribution < 1.29 is 18.6 Å². The number of hydrogen-bond acceptors (Lipinski definition) is 4. The Morgan fingerprint density at radius 1 is 1.27 bits per heavy atom. The van der Waals surface area contributed by atoms with Crippen molar-refractivity contribution in [2.45, 2.75) is 31.7 Å². The molecule has 1 rings (SSSR count). The summed E-state index contributed by atoms with van der Waals surface area (Å²) in [5, 5.41) is 17.4. The average molecular weight is 237 g/mol. The van der Waals surface area contributed by atoms with E-state index in [0.29, 0.717) is 19.4 Å². The molecule has 0 aromatic rings. The molecule has 15 heavy (non-hydrogen) atoms. The summed E-state index contributed by atoms with van der Waals surface area (Å²) < 4.78 is 24.9. The van der Waals surface area contributed by atoms with Gasteiger partial charge in [0.05, 0.1) is 12.4 Å². The van der Waals surface area contributed by atoms with Gasteiger partial charge in [-0.3, -0.25) is 0 Å². The maximum absolute atomic E-state index is 11.7. The first kappa shape index (κ1) is 12.9. The molecule has 1 aliphatic rings. The smallest absolute Gasteiger partial charge is 0.216 e. The van der Waals surface area contributed by atoms with Crippen molar-refractivity contribution in [3.63, 3.8) is 0 Å². The van der Waals surface area contributed by atoms with Gasteiger partial charge in [0, 0.05) is 19.2 Å². The number of aliphatic hydroxyl groups is 2. The molecule has 0 saturated carbocycles. The lowest BCUT2D eigenvalue weighted by molar-refractivity contribution is 0.262. The van der Waals surface area contributed by atoms with Crippen molar-refractivity contribution in [2.24, 2.45) is 0 Å². The van der Waals surface area contributed by atoms with Crippen molar-refractivity contribution in [1.29, 1.82) is 0 Å². The second kappa shape index (κ2) is 5.79. The monoisotopic (exact) mass is 237 g/mol. The van der Waals surface area contributed by atoms with E-state index in [-0.39, 0.29) is 25.0 Å². The summed E-state index contributed by atoms with van der Waals surface area (Å²) in [5.41, 5.74) is 0. The van der Waals surface area contributed by atoms with E-state index in [1.165, 1.54) is 4.31 Å². The summed E-state index contributed by atoms with van der Waals surface area (Å²) in [6, 6.07) is 0.0219. The third-order valence-corrected chi connectivity index (χ3v) is 4.62. The molecule has 0 bridgehead atoms. The fourth-order valence-electron chi connectivity index (χ4n) is 2.02. The van der Waals surface area contributed by atoms with Crippen LogP contribution in [0.3, 0.4) is 0 Å². The van der Waals surface area contributed by atoms with Crippen LogP contribution in [0.5, 0.6) is 0 Å². The Bertz CT molecular complexity index is 278. The van der Waals surface area contributed by atoms with Crippen LogP contribution in [-0.2, 0) is 10.0 Å². The zero-order chi connectivity index (χ0) is 11.3. The molecule has 1 unspecified atom stereocenters. The zero-order valence-corrected chi connectivity index (χ0v) is 9.62. The molecule has 6 heteroatoms. The fourth-order valence-corrected chi connectivity index (χ4v) is 3.56. The highest BCUT2D eigenvalue weighted by Crippen LogP contribution is 2.24. The molecule has 1 atom stereocenters. The number of sulfonamides is 1. The summed E-state index contributed by atoms with van der Waals surface area (Å²) >= 11 is 0. The summed E-state index contributed by atoms with van der Waals surface area (Å²) in [7, 11) is -3.29. The Morgan fingerprint density at radius 3 is 2.60 bits per heavy atom. The molecule has 1 aliphatic heterocycles. The molecule has 0 radical (unpaired) electrons. The molecule has 5 nitrogen and oxygen atoms in total. The molecule has 1 fully saturated rings. The lowest BCUT2D eigenvalue weighted by Crippen LogP contribution is -2.37. The maximum atomic E-state index is 11.7. The minimum atomic E-state index is -3.29. The van der Waals surface area contributed by atoms with Crippen LogP contribution in [-0.4, -0.2) is 54.5 Å². The third kappa shape index (κ3) is 3.41. The molecule has 0 aliphatic carbocycles. The summed E-state index contributed by atoms with van der Waals surface area (Å²) in [5.74, 6) is -0.192. The zero-order valence-electron chi connectivity index (χ0n) is 8.80. The first-order chi connectivity index (χ1) is 7.11. The average Bonchev–Trinajstić information content (AvgIpc) is 2.63. The van der Waals surface area contributed by atoms with E-state index in [2.05, 4.69) is 0 Å². The van der Waals surface area contributed by atoms with E-state index in [9.17, 15) is 8.42 Å². The largest absolute Gasteiger partial charge is 0.396 e. The second-order valence-electron chi connectivity index (χ2n) is 3.81. The standard InChI is InChI=1S/C9H19NO4S/c11-6-2-4-9-3-1-5-10(9)15(13,14)8-7-12/h9,11-12H,1-8H2. The topological polar surface area (TPSA) is 77.8 Å². The Morgan fingerprint density at radius 2 is 2.00 bits per heavy atom. The number of rotatable bonds is 6. The first-order valence-electron chi connectivity index (χ1n) is 5.33. The summed E-state index contributed by atoms with van der Waals surface area (Å²) in [6.45, 7) is 0.328. The fraction of sp³-hybridized carbons (Fsp3) is 1.00. The van der Waals surface area contributed by atoms with Gasteiger partial charge in [0.15, 0.2) is 0 Å². The van der Waals surface area contributed by atoms with Gasteiger partial charge in [-0.2, -0.15) is 4.31 Å². The first-order valence-corrected chi connectivity index (χ1v) is 6.94. The van der Waals surface area contributed by atoms with Crippen LogP contribution < -0.4 is 0 Å². The Kier molecular flexibility index (Phi) is 4.98. The van der Waals surface area contributed by atoms with Gasteiger partial charge in [0.1, 0.15) is 0 Å². The van der Waals surface area contributed by atoms with Crippen molar-refractivity contribution in [1.82, 2.24) is 4.31 Å². The SMILES string of the molecule is O=S(=O)(CCO)N1CCCC1CCCO. The van der Waals surface area contributed by atoms with Crippen molar-refractivity contribution in [3.05, 3.63) is 0 Å². The van der Waals surface area contributed by atoms with Gasteiger partial charge in [0.2, 0.25) is 10.0 Å². The van der Waals surface area contributed by atoms with Crippen LogP contribution in [0, 0.1) is 0 Å². The maximum Gasteiger partial charge on any atom is 0.216 e. The third-order valence-electron chi connectivity index (χ3n) is 2.73.